The molecule has 3 heteroatoms. The molecular formula is C20H34N2O. The number of nitrogens with zero attached hydrogens (tertiary/aromatic N) is 1. The third kappa shape index (κ3) is 5.20. The van der Waals surface area contributed by atoms with Crippen LogP contribution in [0.25, 0.3) is 0 Å². The second kappa shape index (κ2) is 8.68. The maximum Gasteiger partial charge on any atom is 0.225 e. The zero-order chi connectivity index (χ0) is 16.8. The van der Waals surface area contributed by atoms with E-state index in [2.05, 4.69) is 56.1 Å². The van der Waals surface area contributed by atoms with Gasteiger partial charge in [-0.3, -0.25) is 4.79 Å². The number of amides is 1. The van der Waals surface area contributed by atoms with E-state index in [1.165, 1.54) is 12.0 Å². The van der Waals surface area contributed by atoms with E-state index in [1.54, 1.807) is 0 Å². The van der Waals surface area contributed by atoms with Crippen molar-refractivity contribution < 1.29 is 4.79 Å². The summed E-state index contributed by atoms with van der Waals surface area (Å²) < 4.78 is 0. The predicted molar refractivity (Wildman–Crippen MR) is 97.3 cm³/mol. The molecular weight excluding hydrogens is 284 g/mol. The minimum atomic E-state index is 0.343. The van der Waals surface area contributed by atoms with Gasteiger partial charge in [-0.25, -0.2) is 0 Å². The summed E-state index contributed by atoms with van der Waals surface area (Å²) in [5, 5.41) is 3.73. The molecule has 2 fully saturated rings. The van der Waals surface area contributed by atoms with E-state index in [1.807, 2.05) is 0 Å². The van der Waals surface area contributed by atoms with Crippen LogP contribution in [0.2, 0.25) is 0 Å². The van der Waals surface area contributed by atoms with Gasteiger partial charge in [-0.15, -0.1) is 0 Å². The largest absolute Gasteiger partial charge is 0.342 e. The summed E-state index contributed by atoms with van der Waals surface area (Å²) in [6, 6.07) is 0.910. The lowest BCUT2D eigenvalue weighted by Crippen LogP contribution is -2.49. The van der Waals surface area contributed by atoms with E-state index in [4.69, 9.17) is 0 Å². The van der Waals surface area contributed by atoms with Gasteiger partial charge in [-0.2, -0.15) is 0 Å². The molecule has 1 heterocycles. The van der Waals surface area contributed by atoms with Gasteiger partial charge in [-0.1, -0.05) is 38.5 Å². The Hall–Kier alpha value is -1.09. The quantitative estimate of drug-likeness (QED) is 0.753. The average molecular weight is 319 g/mol. The number of rotatable bonds is 6. The smallest absolute Gasteiger partial charge is 0.225 e. The van der Waals surface area contributed by atoms with E-state index in [-0.39, 0.29) is 0 Å². The molecule has 0 aromatic heterocycles. The number of carbonyl (C=O) groups excluding carboxylic acids is 1. The summed E-state index contributed by atoms with van der Waals surface area (Å²) in [6.07, 6.45) is 12.3. The maximum atomic E-state index is 12.3. The topological polar surface area (TPSA) is 32.3 Å². The summed E-state index contributed by atoms with van der Waals surface area (Å²) in [5.41, 5.74) is 1.39. The Kier molecular flexibility index (Phi) is 6.88. The molecule has 2 aliphatic rings. The Morgan fingerprint density at radius 3 is 2.26 bits per heavy atom. The van der Waals surface area contributed by atoms with Crippen LogP contribution in [-0.4, -0.2) is 36.0 Å². The monoisotopic (exact) mass is 318 g/mol. The first-order valence-corrected chi connectivity index (χ1v) is 9.40. The standard InChI is InChI=1S/C20H34N2O/c1-5-7-18(15(2)3)14-16(4)21-19-10-12-22(13-11-19)20(23)17-8-6-9-17/h5,7,14-17,19,21H,6,8-13H2,1-4H3/b7-5-,18-14+. The second-order valence-electron chi connectivity index (χ2n) is 7.50. The van der Waals surface area contributed by atoms with Crippen LogP contribution in [0.1, 0.15) is 59.8 Å². The summed E-state index contributed by atoms with van der Waals surface area (Å²) in [4.78, 5) is 14.4. The highest BCUT2D eigenvalue weighted by Crippen LogP contribution is 2.29. The number of likely N-dealkylation sites (tertiary alicyclic amines) is 1. The first kappa shape index (κ1) is 18.3. The van der Waals surface area contributed by atoms with E-state index in [0.29, 0.717) is 29.8 Å². The third-order valence-electron chi connectivity index (χ3n) is 5.23. The number of hydrogen-bond acceptors (Lipinski definition) is 2. The zero-order valence-electron chi connectivity index (χ0n) is 15.3. The van der Waals surface area contributed by atoms with Crippen molar-refractivity contribution >= 4 is 5.91 Å². The van der Waals surface area contributed by atoms with Gasteiger partial charge in [0.1, 0.15) is 0 Å². The molecule has 2 rings (SSSR count). The van der Waals surface area contributed by atoms with Crippen molar-refractivity contribution in [2.75, 3.05) is 13.1 Å². The highest BCUT2D eigenvalue weighted by Gasteiger charge is 2.31. The lowest BCUT2D eigenvalue weighted by molar-refractivity contribution is -0.139. The van der Waals surface area contributed by atoms with Gasteiger partial charge in [-0.05, 0) is 51.0 Å². The van der Waals surface area contributed by atoms with Gasteiger partial charge in [0, 0.05) is 31.1 Å². The van der Waals surface area contributed by atoms with Gasteiger partial charge in [0.15, 0.2) is 0 Å². The fourth-order valence-corrected chi connectivity index (χ4v) is 3.52. The van der Waals surface area contributed by atoms with Crippen LogP contribution in [0.4, 0.5) is 0 Å². The normalized spacial score (nSPS) is 22.7. The first-order chi connectivity index (χ1) is 11.0. The molecule has 0 spiro atoms. The van der Waals surface area contributed by atoms with Crippen LogP contribution in [0.15, 0.2) is 23.8 Å². The highest BCUT2D eigenvalue weighted by atomic mass is 16.2. The van der Waals surface area contributed by atoms with E-state index in [9.17, 15) is 4.79 Å². The van der Waals surface area contributed by atoms with Gasteiger partial charge < -0.3 is 10.2 Å². The molecule has 1 N–H and O–H groups in total. The van der Waals surface area contributed by atoms with Crippen molar-refractivity contribution in [1.82, 2.24) is 10.2 Å². The minimum absolute atomic E-state index is 0.343. The molecule has 3 nitrogen and oxygen atoms in total. The molecule has 1 aliphatic heterocycles. The van der Waals surface area contributed by atoms with Gasteiger partial charge in [0.2, 0.25) is 5.91 Å². The summed E-state index contributed by atoms with van der Waals surface area (Å²) in [7, 11) is 0. The average Bonchev–Trinajstić information content (AvgIpc) is 2.45. The minimum Gasteiger partial charge on any atom is -0.342 e. The molecule has 130 valence electrons. The van der Waals surface area contributed by atoms with Crippen LogP contribution in [0, 0.1) is 11.8 Å². The molecule has 1 amide bonds. The molecule has 0 bridgehead atoms. The predicted octanol–water partition coefficient (Wildman–Crippen LogP) is 3.91. The summed E-state index contributed by atoms with van der Waals surface area (Å²) in [5.74, 6) is 1.31. The molecule has 0 aromatic carbocycles. The number of carbonyl (C=O) groups is 1. The summed E-state index contributed by atoms with van der Waals surface area (Å²) >= 11 is 0. The van der Waals surface area contributed by atoms with Crippen LogP contribution < -0.4 is 5.32 Å². The van der Waals surface area contributed by atoms with E-state index < -0.39 is 0 Å². The van der Waals surface area contributed by atoms with Crippen molar-refractivity contribution in [3.8, 4) is 0 Å². The summed E-state index contributed by atoms with van der Waals surface area (Å²) in [6.45, 7) is 10.6. The SMILES string of the molecule is C/C=C\C(=C/C(C)NC1CCN(C(=O)C2CCC2)CC1)C(C)C. The van der Waals surface area contributed by atoms with E-state index in [0.717, 1.165) is 38.8 Å². The van der Waals surface area contributed by atoms with Gasteiger partial charge >= 0.3 is 0 Å². The number of hydrogen-bond donors (Lipinski definition) is 1. The van der Waals surface area contributed by atoms with E-state index >= 15 is 0 Å². The molecule has 0 aromatic rings. The van der Waals surface area contributed by atoms with Gasteiger partial charge in [0.05, 0.1) is 0 Å². The van der Waals surface area contributed by atoms with Crippen molar-refractivity contribution in [2.24, 2.45) is 11.8 Å². The molecule has 1 aliphatic carbocycles. The fraction of sp³-hybridized carbons (Fsp3) is 0.750. The Balaban J connectivity index is 1.79. The zero-order valence-corrected chi connectivity index (χ0v) is 15.3. The molecule has 1 atom stereocenters. The molecule has 1 saturated heterocycles. The lowest BCUT2D eigenvalue weighted by atomic mass is 9.84. The first-order valence-electron chi connectivity index (χ1n) is 9.40. The maximum absolute atomic E-state index is 12.3. The van der Waals surface area contributed by atoms with Crippen LogP contribution in [0.5, 0.6) is 0 Å². The highest BCUT2D eigenvalue weighted by molar-refractivity contribution is 5.79. The Morgan fingerprint density at radius 2 is 1.78 bits per heavy atom. The fourth-order valence-electron chi connectivity index (χ4n) is 3.52. The second-order valence-corrected chi connectivity index (χ2v) is 7.50. The van der Waals surface area contributed by atoms with Gasteiger partial charge in [0.25, 0.3) is 0 Å². The Bertz CT molecular complexity index is 441. The lowest BCUT2D eigenvalue weighted by Gasteiger charge is -2.37. The van der Waals surface area contributed by atoms with Crippen LogP contribution in [0.3, 0.4) is 0 Å². The van der Waals surface area contributed by atoms with Crippen LogP contribution >= 0.6 is 0 Å². The number of piperidine rings is 1. The van der Waals surface area contributed by atoms with Crippen molar-refractivity contribution in [3.63, 3.8) is 0 Å². The molecule has 23 heavy (non-hydrogen) atoms. The van der Waals surface area contributed by atoms with Crippen molar-refractivity contribution in [2.45, 2.75) is 71.9 Å². The van der Waals surface area contributed by atoms with Crippen LogP contribution in [-0.2, 0) is 4.79 Å². The third-order valence-corrected chi connectivity index (χ3v) is 5.23. The van der Waals surface area contributed by atoms with Crippen molar-refractivity contribution in [3.05, 3.63) is 23.8 Å². The molecule has 0 radical (unpaired) electrons. The van der Waals surface area contributed by atoms with Crippen molar-refractivity contribution in [1.29, 1.82) is 0 Å². The molecule has 1 saturated carbocycles. The number of nitrogens with one attached hydrogen (secondary N) is 1. The Labute approximate surface area is 142 Å². The number of allylic oxidation sites excluding steroid dienone is 3. The molecule has 1 unspecified atom stereocenters. The Morgan fingerprint density at radius 1 is 1.13 bits per heavy atom.